The molecule has 1 aliphatic rings. The Bertz CT molecular complexity index is 367. The van der Waals surface area contributed by atoms with Gasteiger partial charge < -0.3 is 14.6 Å². The molecule has 1 N–H and O–H groups in total. The molecule has 0 atom stereocenters. The van der Waals surface area contributed by atoms with Crippen LogP contribution in [-0.4, -0.2) is 36.5 Å². The number of hydrogen-bond acceptors (Lipinski definition) is 3. The summed E-state index contributed by atoms with van der Waals surface area (Å²) in [7, 11) is 0. The van der Waals surface area contributed by atoms with Crippen molar-refractivity contribution < 1.29 is 9.21 Å². The first-order valence-corrected chi connectivity index (χ1v) is 6.72. The molecule has 100 valence electrons. The Balaban J connectivity index is 2.01. The van der Waals surface area contributed by atoms with Crippen LogP contribution in [0.3, 0.4) is 0 Å². The molecule has 1 amide bonds. The van der Waals surface area contributed by atoms with Crippen molar-refractivity contribution in [2.24, 2.45) is 5.92 Å². The van der Waals surface area contributed by atoms with Crippen LogP contribution in [-0.2, 0) is 0 Å². The van der Waals surface area contributed by atoms with Crippen LogP contribution in [0.25, 0.3) is 0 Å². The van der Waals surface area contributed by atoms with Gasteiger partial charge in [0.25, 0.3) is 5.91 Å². The number of hydrogen-bond donors (Lipinski definition) is 1. The van der Waals surface area contributed by atoms with Gasteiger partial charge in [-0.05, 0) is 51.8 Å². The molecule has 2 rings (SSSR count). The van der Waals surface area contributed by atoms with E-state index in [1.54, 1.807) is 12.3 Å². The Hall–Kier alpha value is -1.29. The van der Waals surface area contributed by atoms with Gasteiger partial charge in [-0.25, -0.2) is 0 Å². The summed E-state index contributed by atoms with van der Waals surface area (Å²) in [5.74, 6) is 0.696. The lowest BCUT2D eigenvalue weighted by Crippen LogP contribution is -2.42. The van der Waals surface area contributed by atoms with Crippen LogP contribution in [0.1, 0.15) is 37.0 Å². The molecule has 1 fully saturated rings. The normalized spacial score (nSPS) is 17.1. The Labute approximate surface area is 108 Å². The van der Waals surface area contributed by atoms with Gasteiger partial charge in [-0.1, -0.05) is 0 Å². The van der Waals surface area contributed by atoms with Crippen LogP contribution >= 0.6 is 0 Å². The maximum absolute atomic E-state index is 12.4. The van der Waals surface area contributed by atoms with Crippen LogP contribution in [0.2, 0.25) is 0 Å². The van der Waals surface area contributed by atoms with Crippen LogP contribution in [0.4, 0.5) is 0 Å². The summed E-state index contributed by atoms with van der Waals surface area (Å²) in [4.78, 5) is 14.3. The molecule has 4 nitrogen and oxygen atoms in total. The fourth-order valence-corrected chi connectivity index (χ4v) is 2.42. The highest BCUT2D eigenvalue weighted by atomic mass is 16.3. The third-order valence-corrected chi connectivity index (χ3v) is 3.57. The molecule has 0 aliphatic carbocycles. The number of nitrogens with one attached hydrogen (secondary N) is 1. The number of amides is 1. The SMILES string of the molecule is CC(C)N(CC1CCNCC1)C(=O)c1ccoc1. The van der Waals surface area contributed by atoms with E-state index < -0.39 is 0 Å². The van der Waals surface area contributed by atoms with Gasteiger partial charge in [0.15, 0.2) is 0 Å². The van der Waals surface area contributed by atoms with Gasteiger partial charge in [0, 0.05) is 12.6 Å². The standard InChI is InChI=1S/C14H22N2O2/c1-11(2)16(9-12-3-6-15-7-4-12)14(17)13-5-8-18-10-13/h5,8,10-12,15H,3-4,6-7,9H2,1-2H3. The van der Waals surface area contributed by atoms with Crippen molar-refractivity contribution in [3.8, 4) is 0 Å². The predicted octanol–water partition coefficient (Wildman–Crippen LogP) is 2.13. The van der Waals surface area contributed by atoms with Crippen molar-refractivity contribution in [1.29, 1.82) is 0 Å². The molecule has 0 radical (unpaired) electrons. The summed E-state index contributed by atoms with van der Waals surface area (Å²) < 4.78 is 5.00. The summed E-state index contributed by atoms with van der Waals surface area (Å²) in [6, 6.07) is 1.96. The molecule has 0 spiro atoms. The molecule has 0 saturated carbocycles. The van der Waals surface area contributed by atoms with Crippen LogP contribution < -0.4 is 5.32 Å². The Morgan fingerprint density at radius 3 is 2.78 bits per heavy atom. The van der Waals surface area contributed by atoms with E-state index in [4.69, 9.17) is 4.42 Å². The molecule has 1 aromatic rings. The molecule has 0 unspecified atom stereocenters. The van der Waals surface area contributed by atoms with Gasteiger partial charge in [-0.2, -0.15) is 0 Å². The van der Waals surface area contributed by atoms with Crippen molar-refractivity contribution >= 4 is 5.91 Å². The highest BCUT2D eigenvalue weighted by Gasteiger charge is 2.24. The van der Waals surface area contributed by atoms with Crippen molar-refractivity contribution in [2.45, 2.75) is 32.7 Å². The fraction of sp³-hybridized carbons (Fsp3) is 0.643. The molecular weight excluding hydrogens is 228 g/mol. The van der Waals surface area contributed by atoms with Crippen molar-refractivity contribution in [3.63, 3.8) is 0 Å². The third-order valence-electron chi connectivity index (χ3n) is 3.57. The fourth-order valence-electron chi connectivity index (χ4n) is 2.42. The van der Waals surface area contributed by atoms with Gasteiger partial charge in [-0.15, -0.1) is 0 Å². The lowest BCUT2D eigenvalue weighted by Gasteiger charge is -2.32. The van der Waals surface area contributed by atoms with Crippen LogP contribution in [0.5, 0.6) is 0 Å². The summed E-state index contributed by atoms with van der Waals surface area (Å²) in [5, 5.41) is 3.36. The summed E-state index contributed by atoms with van der Waals surface area (Å²) in [6.45, 7) is 7.12. The average molecular weight is 250 g/mol. The Kier molecular flexibility index (Phi) is 4.42. The van der Waals surface area contributed by atoms with E-state index in [1.807, 2.05) is 4.90 Å². The molecule has 1 aliphatic heterocycles. The average Bonchev–Trinajstić information content (AvgIpc) is 2.90. The largest absolute Gasteiger partial charge is 0.472 e. The van der Waals surface area contributed by atoms with Gasteiger partial charge >= 0.3 is 0 Å². The molecule has 1 saturated heterocycles. The van der Waals surface area contributed by atoms with Gasteiger partial charge in [-0.3, -0.25) is 4.79 Å². The highest BCUT2D eigenvalue weighted by molar-refractivity contribution is 5.94. The third kappa shape index (κ3) is 3.13. The van der Waals surface area contributed by atoms with E-state index in [-0.39, 0.29) is 11.9 Å². The summed E-state index contributed by atoms with van der Waals surface area (Å²) in [5.41, 5.74) is 0.651. The second kappa shape index (κ2) is 6.05. The first-order chi connectivity index (χ1) is 8.68. The number of nitrogens with zero attached hydrogens (tertiary/aromatic N) is 1. The van der Waals surface area contributed by atoms with Gasteiger partial charge in [0.2, 0.25) is 0 Å². The zero-order valence-electron chi connectivity index (χ0n) is 11.2. The first-order valence-electron chi connectivity index (χ1n) is 6.72. The highest BCUT2D eigenvalue weighted by Crippen LogP contribution is 2.17. The maximum atomic E-state index is 12.4. The smallest absolute Gasteiger partial charge is 0.257 e. The number of piperidine rings is 1. The number of carbonyl (C=O) groups is 1. The Morgan fingerprint density at radius 1 is 1.50 bits per heavy atom. The quantitative estimate of drug-likeness (QED) is 0.890. The molecular formula is C14H22N2O2. The summed E-state index contributed by atoms with van der Waals surface area (Å²) >= 11 is 0. The first kappa shape index (κ1) is 13.1. The topological polar surface area (TPSA) is 45.5 Å². The maximum Gasteiger partial charge on any atom is 0.257 e. The molecule has 18 heavy (non-hydrogen) atoms. The van der Waals surface area contributed by atoms with Crippen molar-refractivity contribution in [2.75, 3.05) is 19.6 Å². The van der Waals surface area contributed by atoms with Crippen molar-refractivity contribution in [1.82, 2.24) is 10.2 Å². The zero-order valence-corrected chi connectivity index (χ0v) is 11.2. The van der Waals surface area contributed by atoms with Crippen LogP contribution in [0.15, 0.2) is 23.0 Å². The summed E-state index contributed by atoms with van der Waals surface area (Å²) in [6.07, 6.45) is 5.39. The second-order valence-electron chi connectivity index (χ2n) is 5.26. The minimum Gasteiger partial charge on any atom is -0.472 e. The van der Waals surface area contributed by atoms with E-state index in [9.17, 15) is 4.79 Å². The monoisotopic (exact) mass is 250 g/mol. The van der Waals surface area contributed by atoms with Gasteiger partial charge in [0.05, 0.1) is 11.8 Å². The number of rotatable bonds is 4. The molecule has 2 heterocycles. The zero-order chi connectivity index (χ0) is 13.0. The number of carbonyl (C=O) groups excluding carboxylic acids is 1. The minimum atomic E-state index is 0.0808. The number of furan rings is 1. The van der Waals surface area contributed by atoms with Crippen molar-refractivity contribution in [3.05, 3.63) is 24.2 Å². The predicted molar refractivity (Wildman–Crippen MR) is 70.5 cm³/mol. The Morgan fingerprint density at radius 2 is 2.22 bits per heavy atom. The molecule has 1 aromatic heterocycles. The minimum absolute atomic E-state index is 0.0808. The van der Waals surface area contributed by atoms with E-state index in [0.29, 0.717) is 11.5 Å². The van der Waals surface area contributed by atoms with E-state index in [1.165, 1.54) is 6.26 Å². The van der Waals surface area contributed by atoms with E-state index in [2.05, 4.69) is 19.2 Å². The van der Waals surface area contributed by atoms with Crippen LogP contribution in [0, 0.1) is 5.92 Å². The van der Waals surface area contributed by atoms with Gasteiger partial charge in [0.1, 0.15) is 6.26 Å². The second-order valence-corrected chi connectivity index (χ2v) is 5.26. The molecule has 0 bridgehead atoms. The molecule has 4 heteroatoms. The van der Waals surface area contributed by atoms with E-state index in [0.717, 1.165) is 32.5 Å². The lowest BCUT2D eigenvalue weighted by molar-refractivity contribution is 0.0657. The van der Waals surface area contributed by atoms with E-state index >= 15 is 0 Å². The lowest BCUT2D eigenvalue weighted by atomic mass is 9.97. The molecule has 0 aromatic carbocycles.